The Hall–Kier alpha value is -4.08. The number of fused-ring (bicyclic) bond motifs is 1. The first-order valence-electron chi connectivity index (χ1n) is 10.9. The van der Waals surface area contributed by atoms with Gasteiger partial charge in [-0.15, -0.1) is 0 Å². The first-order chi connectivity index (χ1) is 16.0. The average molecular weight is 445 g/mol. The van der Waals surface area contributed by atoms with E-state index in [2.05, 4.69) is 25.4 Å². The Morgan fingerprint density at radius 3 is 2.67 bits per heavy atom. The number of rotatable bonds is 7. The van der Waals surface area contributed by atoms with E-state index in [1.54, 1.807) is 17.1 Å². The molecule has 1 aromatic carbocycles. The van der Waals surface area contributed by atoms with Crippen LogP contribution in [0.15, 0.2) is 52.6 Å². The number of nitrogens with zero attached hydrogens (tertiary/aromatic N) is 5. The van der Waals surface area contributed by atoms with Crippen LogP contribution in [0.2, 0.25) is 0 Å². The number of aromatic amines is 1. The van der Waals surface area contributed by atoms with Crippen molar-refractivity contribution in [3.8, 4) is 5.69 Å². The number of amides is 1. The SMILES string of the molecule is CCCn1c(=O)[nH]c(=O)c2c(C(=O)NCc3ccc(-n4cncn4)cc3)cc(C3CC3)nc21. The first-order valence-corrected chi connectivity index (χ1v) is 10.9. The van der Waals surface area contributed by atoms with Gasteiger partial charge in [-0.3, -0.25) is 19.1 Å². The number of aryl methyl sites for hydroxylation is 1. The zero-order chi connectivity index (χ0) is 22.9. The lowest BCUT2D eigenvalue weighted by atomic mass is 10.1. The van der Waals surface area contributed by atoms with Crippen molar-refractivity contribution >= 4 is 16.9 Å². The fourth-order valence-corrected chi connectivity index (χ4v) is 3.88. The van der Waals surface area contributed by atoms with Crippen molar-refractivity contribution in [2.75, 3.05) is 0 Å². The minimum atomic E-state index is -0.598. The number of hydrogen-bond donors (Lipinski definition) is 2. The van der Waals surface area contributed by atoms with E-state index in [0.29, 0.717) is 13.0 Å². The van der Waals surface area contributed by atoms with Crippen LogP contribution in [0.4, 0.5) is 0 Å². The normalized spacial score (nSPS) is 13.4. The predicted molar refractivity (Wildman–Crippen MR) is 121 cm³/mol. The van der Waals surface area contributed by atoms with Gasteiger partial charge in [0.1, 0.15) is 12.7 Å². The van der Waals surface area contributed by atoms with E-state index in [1.165, 1.54) is 10.9 Å². The third-order valence-corrected chi connectivity index (χ3v) is 5.73. The summed E-state index contributed by atoms with van der Waals surface area (Å²) in [6.45, 7) is 2.63. The molecule has 1 aliphatic carbocycles. The molecule has 0 spiro atoms. The van der Waals surface area contributed by atoms with E-state index in [1.807, 2.05) is 31.2 Å². The summed E-state index contributed by atoms with van der Waals surface area (Å²) < 4.78 is 3.09. The van der Waals surface area contributed by atoms with Gasteiger partial charge < -0.3 is 5.32 Å². The highest BCUT2D eigenvalue weighted by Gasteiger charge is 2.28. The van der Waals surface area contributed by atoms with E-state index in [0.717, 1.165) is 29.8 Å². The van der Waals surface area contributed by atoms with E-state index in [-0.39, 0.29) is 35.0 Å². The maximum absolute atomic E-state index is 13.2. The van der Waals surface area contributed by atoms with Crippen LogP contribution < -0.4 is 16.6 Å². The highest BCUT2D eigenvalue weighted by molar-refractivity contribution is 6.05. The van der Waals surface area contributed by atoms with Crippen molar-refractivity contribution in [1.29, 1.82) is 0 Å². The Kier molecular flexibility index (Phi) is 5.33. The topological polar surface area (TPSA) is 128 Å². The van der Waals surface area contributed by atoms with E-state index in [9.17, 15) is 14.4 Å². The van der Waals surface area contributed by atoms with Crippen LogP contribution in [0.3, 0.4) is 0 Å². The molecule has 33 heavy (non-hydrogen) atoms. The molecule has 0 unspecified atom stereocenters. The average Bonchev–Trinajstić information content (AvgIpc) is 3.53. The summed E-state index contributed by atoms with van der Waals surface area (Å²) in [6, 6.07) is 9.25. The molecule has 3 heterocycles. The molecule has 0 aliphatic heterocycles. The molecule has 0 bridgehead atoms. The van der Waals surface area contributed by atoms with Gasteiger partial charge in [-0.05, 0) is 43.0 Å². The molecule has 1 aliphatic rings. The number of pyridine rings is 1. The van der Waals surface area contributed by atoms with Gasteiger partial charge in [0, 0.05) is 24.7 Å². The molecule has 1 fully saturated rings. The van der Waals surface area contributed by atoms with Crippen LogP contribution in [0.25, 0.3) is 16.7 Å². The van der Waals surface area contributed by atoms with E-state index in [4.69, 9.17) is 0 Å². The number of hydrogen-bond acceptors (Lipinski definition) is 6. The highest BCUT2D eigenvalue weighted by Crippen LogP contribution is 2.39. The van der Waals surface area contributed by atoms with Crippen molar-refractivity contribution in [3.05, 3.63) is 80.6 Å². The van der Waals surface area contributed by atoms with Crippen LogP contribution in [0.1, 0.15) is 53.7 Å². The molecule has 4 aromatic rings. The summed E-state index contributed by atoms with van der Waals surface area (Å²) >= 11 is 0. The number of H-pyrrole nitrogens is 1. The molecule has 5 rings (SSSR count). The summed E-state index contributed by atoms with van der Waals surface area (Å²) in [7, 11) is 0. The lowest BCUT2D eigenvalue weighted by Crippen LogP contribution is -2.33. The van der Waals surface area contributed by atoms with E-state index < -0.39 is 11.2 Å². The monoisotopic (exact) mass is 445 g/mol. The zero-order valence-corrected chi connectivity index (χ0v) is 18.1. The Balaban J connectivity index is 1.47. The molecule has 168 valence electrons. The number of carbonyl (C=O) groups excluding carboxylic acids is 1. The van der Waals surface area contributed by atoms with Gasteiger partial charge in [0.15, 0.2) is 5.65 Å². The molecule has 0 radical (unpaired) electrons. The largest absolute Gasteiger partial charge is 0.348 e. The first kappa shape index (κ1) is 20.8. The molecular formula is C23H23N7O3. The Bertz CT molecular complexity index is 1430. The summed E-state index contributed by atoms with van der Waals surface area (Å²) in [4.78, 5) is 49.2. The highest BCUT2D eigenvalue weighted by atomic mass is 16.2. The second kappa shape index (κ2) is 8.45. The van der Waals surface area contributed by atoms with Crippen molar-refractivity contribution in [2.24, 2.45) is 0 Å². The Morgan fingerprint density at radius 1 is 1.21 bits per heavy atom. The lowest BCUT2D eigenvalue weighted by Gasteiger charge is -2.13. The number of benzene rings is 1. The smallest absolute Gasteiger partial charge is 0.329 e. The maximum atomic E-state index is 13.2. The van der Waals surface area contributed by atoms with Gasteiger partial charge in [0.05, 0.1) is 16.6 Å². The minimum Gasteiger partial charge on any atom is -0.348 e. The number of aromatic nitrogens is 6. The molecule has 1 amide bonds. The molecule has 1 saturated carbocycles. The van der Waals surface area contributed by atoms with Gasteiger partial charge in [0.25, 0.3) is 11.5 Å². The summed E-state index contributed by atoms with van der Waals surface area (Å²) in [5.74, 6) is -0.119. The van der Waals surface area contributed by atoms with Crippen LogP contribution in [-0.2, 0) is 13.1 Å². The summed E-state index contributed by atoms with van der Waals surface area (Å²) in [6.07, 6.45) is 5.74. The maximum Gasteiger partial charge on any atom is 0.329 e. The summed E-state index contributed by atoms with van der Waals surface area (Å²) in [5.41, 5.74) is 1.92. The molecule has 3 aromatic heterocycles. The van der Waals surface area contributed by atoms with Crippen molar-refractivity contribution in [2.45, 2.75) is 45.2 Å². The molecule has 10 nitrogen and oxygen atoms in total. The van der Waals surface area contributed by atoms with Gasteiger partial charge in [-0.1, -0.05) is 19.1 Å². The van der Waals surface area contributed by atoms with Gasteiger partial charge in [-0.2, -0.15) is 5.10 Å². The molecule has 2 N–H and O–H groups in total. The fourth-order valence-electron chi connectivity index (χ4n) is 3.88. The third-order valence-electron chi connectivity index (χ3n) is 5.73. The van der Waals surface area contributed by atoms with Gasteiger partial charge in [0.2, 0.25) is 0 Å². The summed E-state index contributed by atoms with van der Waals surface area (Å²) in [5, 5.41) is 7.14. The van der Waals surface area contributed by atoms with Crippen LogP contribution in [0, 0.1) is 0 Å². The standard InChI is InChI=1S/C23H23N7O3/c1-2-9-29-20-19(22(32)28-23(29)33)17(10-18(27-20)15-5-6-15)21(31)25-11-14-3-7-16(8-4-14)30-13-24-12-26-30/h3-4,7-8,10,12-13,15H,2,5-6,9,11H2,1H3,(H,25,31)(H,28,32,33). The minimum absolute atomic E-state index is 0.145. The lowest BCUT2D eigenvalue weighted by molar-refractivity contribution is 0.0952. The van der Waals surface area contributed by atoms with Crippen LogP contribution in [0.5, 0.6) is 0 Å². The molecule has 0 saturated heterocycles. The number of nitrogens with one attached hydrogen (secondary N) is 2. The zero-order valence-electron chi connectivity index (χ0n) is 18.1. The second-order valence-corrected chi connectivity index (χ2v) is 8.17. The van der Waals surface area contributed by atoms with Crippen molar-refractivity contribution < 1.29 is 4.79 Å². The van der Waals surface area contributed by atoms with E-state index >= 15 is 0 Å². The number of carbonyl (C=O) groups is 1. The fraction of sp³-hybridized carbons (Fsp3) is 0.304. The van der Waals surface area contributed by atoms with Crippen molar-refractivity contribution in [1.82, 2.24) is 34.6 Å². The van der Waals surface area contributed by atoms with Gasteiger partial charge in [-0.25, -0.2) is 19.4 Å². The van der Waals surface area contributed by atoms with Gasteiger partial charge >= 0.3 is 5.69 Å². The quantitative estimate of drug-likeness (QED) is 0.447. The van der Waals surface area contributed by atoms with Crippen LogP contribution >= 0.6 is 0 Å². The Morgan fingerprint density at radius 2 is 2.00 bits per heavy atom. The molecule has 0 atom stereocenters. The Labute approximate surface area is 188 Å². The molecular weight excluding hydrogens is 422 g/mol. The van der Waals surface area contributed by atoms with Crippen LogP contribution in [-0.4, -0.2) is 35.2 Å². The van der Waals surface area contributed by atoms with Crippen molar-refractivity contribution in [3.63, 3.8) is 0 Å². The third kappa shape index (κ3) is 4.07. The second-order valence-electron chi connectivity index (χ2n) is 8.17. The predicted octanol–water partition coefficient (Wildman–Crippen LogP) is 1.88. The molecule has 10 heteroatoms.